The zero-order valence-corrected chi connectivity index (χ0v) is 24.1. The van der Waals surface area contributed by atoms with Crippen molar-refractivity contribution in [2.45, 2.75) is 32.7 Å². The number of aliphatic hydroxyl groups is 1. The van der Waals surface area contributed by atoms with Gasteiger partial charge in [-0.15, -0.1) is 0 Å². The number of thiazole rings is 1. The molecule has 0 spiro atoms. The molecule has 11 heteroatoms. The van der Waals surface area contributed by atoms with Gasteiger partial charge < -0.3 is 24.1 Å². The van der Waals surface area contributed by atoms with Crippen molar-refractivity contribution in [1.82, 2.24) is 4.98 Å². The van der Waals surface area contributed by atoms with E-state index in [9.17, 15) is 19.5 Å². The Balaban J connectivity index is 1.60. The summed E-state index contributed by atoms with van der Waals surface area (Å²) in [6, 6.07) is 10.7. The van der Waals surface area contributed by atoms with E-state index in [4.69, 9.17) is 18.9 Å². The molecule has 0 bridgehead atoms. The maximum Gasteiger partial charge on any atom is 0.350 e. The SMILES string of the molecule is C=CCOC(=O)c1sc(N2C(=O)C(=O)/C(=C(/O)c3ccc4c(c3)OCCO4)C2c2ccc(OCCCC)cc2)nc1C. The number of esters is 1. The Morgan fingerprint density at radius 1 is 1.17 bits per heavy atom. The third-order valence-corrected chi connectivity index (χ3v) is 7.87. The van der Waals surface area contributed by atoms with Crippen LogP contribution in [0.25, 0.3) is 5.76 Å². The Hall–Kier alpha value is -4.64. The Bertz CT molecular complexity index is 1560. The van der Waals surface area contributed by atoms with E-state index in [1.165, 1.54) is 11.0 Å². The number of benzene rings is 2. The van der Waals surface area contributed by atoms with E-state index in [-0.39, 0.29) is 33.5 Å². The molecule has 0 radical (unpaired) electrons. The van der Waals surface area contributed by atoms with Crippen LogP contribution in [0.2, 0.25) is 0 Å². The molecular weight excluding hydrogens is 560 g/mol. The Morgan fingerprint density at radius 3 is 2.62 bits per heavy atom. The highest BCUT2D eigenvalue weighted by atomic mass is 32.1. The smallest absolute Gasteiger partial charge is 0.350 e. The maximum atomic E-state index is 13.6. The highest BCUT2D eigenvalue weighted by Crippen LogP contribution is 2.45. The molecule has 10 nitrogen and oxygen atoms in total. The first-order valence-electron chi connectivity index (χ1n) is 13.5. The van der Waals surface area contributed by atoms with Gasteiger partial charge in [0.2, 0.25) is 0 Å². The van der Waals surface area contributed by atoms with E-state index in [1.807, 2.05) is 0 Å². The number of aliphatic hydroxyl groups excluding tert-OH is 1. The summed E-state index contributed by atoms with van der Waals surface area (Å²) in [7, 11) is 0. The summed E-state index contributed by atoms with van der Waals surface area (Å²) in [5.74, 6) is -1.20. The Morgan fingerprint density at radius 2 is 1.90 bits per heavy atom. The van der Waals surface area contributed by atoms with Crippen LogP contribution in [0, 0.1) is 6.92 Å². The summed E-state index contributed by atoms with van der Waals surface area (Å²) < 4.78 is 22.2. The van der Waals surface area contributed by atoms with Gasteiger partial charge >= 0.3 is 11.9 Å². The van der Waals surface area contributed by atoms with Gasteiger partial charge in [0.25, 0.3) is 5.78 Å². The molecular formula is C31H30N2O8S. The highest BCUT2D eigenvalue weighted by molar-refractivity contribution is 7.17. The van der Waals surface area contributed by atoms with Gasteiger partial charge in [0.05, 0.1) is 23.9 Å². The molecule has 2 aliphatic rings. The van der Waals surface area contributed by atoms with Gasteiger partial charge in [-0.05, 0) is 49.2 Å². The summed E-state index contributed by atoms with van der Waals surface area (Å²) in [5, 5.41) is 11.6. The van der Waals surface area contributed by atoms with Gasteiger partial charge in [0, 0.05) is 5.56 Å². The molecule has 1 N–H and O–H groups in total. The summed E-state index contributed by atoms with van der Waals surface area (Å²) in [4.78, 5) is 45.6. The number of hydrogen-bond donors (Lipinski definition) is 1. The summed E-state index contributed by atoms with van der Waals surface area (Å²) in [6.07, 6.45) is 3.34. The van der Waals surface area contributed by atoms with Crippen LogP contribution < -0.4 is 19.1 Å². The molecule has 5 rings (SSSR count). The van der Waals surface area contributed by atoms with Crippen molar-refractivity contribution in [2.75, 3.05) is 31.3 Å². The molecule has 218 valence electrons. The zero-order valence-electron chi connectivity index (χ0n) is 23.3. The number of carbonyl (C=O) groups excluding carboxylic acids is 3. The van der Waals surface area contributed by atoms with Crippen LogP contribution in [-0.2, 0) is 14.3 Å². The quantitative estimate of drug-likeness (QED) is 0.0829. The van der Waals surface area contributed by atoms with Crippen LogP contribution in [-0.4, -0.2) is 54.2 Å². The van der Waals surface area contributed by atoms with Gasteiger partial charge in [-0.3, -0.25) is 14.5 Å². The maximum absolute atomic E-state index is 13.6. The lowest BCUT2D eigenvalue weighted by atomic mass is 9.95. The van der Waals surface area contributed by atoms with Crippen LogP contribution in [0.5, 0.6) is 17.2 Å². The number of carbonyl (C=O) groups is 3. The van der Waals surface area contributed by atoms with Crippen molar-refractivity contribution in [1.29, 1.82) is 0 Å². The number of fused-ring (bicyclic) bond motifs is 1. The molecule has 0 saturated carbocycles. The van der Waals surface area contributed by atoms with E-state index < -0.39 is 23.7 Å². The third-order valence-electron chi connectivity index (χ3n) is 6.73. The first-order chi connectivity index (χ1) is 20.3. The van der Waals surface area contributed by atoms with Gasteiger partial charge in [-0.1, -0.05) is 49.5 Å². The molecule has 42 heavy (non-hydrogen) atoms. The molecule has 1 unspecified atom stereocenters. The van der Waals surface area contributed by atoms with E-state index in [2.05, 4.69) is 18.5 Å². The fourth-order valence-corrected chi connectivity index (χ4v) is 5.63. The number of unbranched alkanes of at least 4 members (excludes halogenated alkanes) is 1. The minimum absolute atomic E-state index is 0.0121. The number of anilines is 1. The number of nitrogens with zero attached hydrogens (tertiary/aromatic N) is 2. The standard InChI is InChI=1S/C31H30N2O8S/c1-4-6-14-38-21-10-7-19(8-11-21)25-24(26(34)20-9-12-22-23(17-20)40-16-15-39-22)27(35)29(36)33(25)31-32-18(3)28(42-31)30(37)41-13-5-2/h5,7-12,17,25,34H,2,4,6,13-16H2,1,3H3/b26-24+. The second-order valence-corrected chi connectivity index (χ2v) is 10.6. The lowest BCUT2D eigenvalue weighted by molar-refractivity contribution is -0.132. The molecule has 2 aliphatic heterocycles. The molecule has 0 aliphatic carbocycles. The number of ether oxygens (including phenoxy) is 4. The van der Waals surface area contributed by atoms with Gasteiger partial charge in [0.15, 0.2) is 16.6 Å². The average Bonchev–Trinajstić information content (AvgIpc) is 3.51. The Kier molecular flexibility index (Phi) is 8.58. The normalized spacial score (nSPS) is 17.3. The lowest BCUT2D eigenvalue weighted by Gasteiger charge is -2.23. The van der Waals surface area contributed by atoms with Gasteiger partial charge in [0.1, 0.15) is 36.2 Å². The van der Waals surface area contributed by atoms with Crippen LogP contribution >= 0.6 is 11.3 Å². The van der Waals surface area contributed by atoms with Crippen LogP contribution in [0.15, 0.2) is 60.7 Å². The topological polar surface area (TPSA) is 124 Å². The van der Waals surface area contributed by atoms with Crippen molar-refractivity contribution < 1.29 is 38.4 Å². The monoisotopic (exact) mass is 590 g/mol. The molecule has 1 atom stereocenters. The molecule has 3 aromatic rings. The van der Waals surface area contributed by atoms with Gasteiger partial charge in [-0.25, -0.2) is 9.78 Å². The minimum atomic E-state index is -1.04. The number of aryl methyl sites for hydroxylation is 1. The summed E-state index contributed by atoms with van der Waals surface area (Å²) >= 11 is 0.932. The molecule has 1 aromatic heterocycles. The second kappa shape index (κ2) is 12.5. The fraction of sp³-hybridized carbons (Fsp3) is 0.290. The van der Waals surface area contributed by atoms with Crippen LogP contribution in [0.4, 0.5) is 5.13 Å². The average molecular weight is 591 g/mol. The van der Waals surface area contributed by atoms with Crippen molar-refractivity contribution in [3.63, 3.8) is 0 Å². The number of rotatable bonds is 10. The van der Waals surface area contributed by atoms with Gasteiger partial charge in [-0.2, -0.15) is 0 Å². The second-order valence-electron chi connectivity index (χ2n) is 9.60. The van der Waals surface area contributed by atoms with Crippen LogP contribution in [0.3, 0.4) is 0 Å². The summed E-state index contributed by atoms with van der Waals surface area (Å²) in [6.45, 7) is 8.55. The van der Waals surface area contributed by atoms with Crippen molar-refractivity contribution in [3.8, 4) is 17.2 Å². The number of hydrogen-bond acceptors (Lipinski definition) is 10. The zero-order chi connectivity index (χ0) is 29.8. The number of aromatic nitrogens is 1. The van der Waals surface area contributed by atoms with Crippen molar-refractivity contribution >= 4 is 39.9 Å². The minimum Gasteiger partial charge on any atom is -0.507 e. The van der Waals surface area contributed by atoms with E-state index >= 15 is 0 Å². The van der Waals surface area contributed by atoms with Crippen molar-refractivity contribution in [3.05, 3.63) is 82.4 Å². The third kappa shape index (κ3) is 5.60. The summed E-state index contributed by atoms with van der Waals surface area (Å²) in [5.41, 5.74) is 1.04. The fourth-order valence-electron chi connectivity index (χ4n) is 4.65. The number of Topliss-reactive ketones (excluding diaryl/α,β-unsaturated/α-hetero) is 1. The molecule has 1 fully saturated rings. The van der Waals surface area contributed by atoms with E-state index in [1.54, 1.807) is 49.4 Å². The predicted molar refractivity (Wildman–Crippen MR) is 156 cm³/mol. The number of ketones is 1. The largest absolute Gasteiger partial charge is 0.507 e. The lowest BCUT2D eigenvalue weighted by Crippen LogP contribution is -2.29. The predicted octanol–water partition coefficient (Wildman–Crippen LogP) is 5.37. The molecule has 1 saturated heterocycles. The first-order valence-corrected chi connectivity index (χ1v) is 14.3. The van der Waals surface area contributed by atoms with Crippen LogP contribution in [0.1, 0.15) is 52.3 Å². The number of amides is 1. The first kappa shape index (κ1) is 28.9. The molecule has 1 amide bonds. The van der Waals surface area contributed by atoms with E-state index in [0.717, 1.165) is 24.2 Å². The Labute approximate surface area is 246 Å². The van der Waals surface area contributed by atoms with Crippen molar-refractivity contribution in [2.24, 2.45) is 0 Å². The molecule has 3 heterocycles. The molecule has 2 aromatic carbocycles. The van der Waals surface area contributed by atoms with E-state index in [0.29, 0.717) is 48.3 Å². The highest BCUT2D eigenvalue weighted by Gasteiger charge is 2.48.